The van der Waals surface area contributed by atoms with Crippen molar-refractivity contribution in [1.29, 1.82) is 0 Å². The molecule has 102 valence electrons. The van der Waals surface area contributed by atoms with Crippen LogP contribution in [0.3, 0.4) is 0 Å². The highest BCUT2D eigenvalue weighted by atomic mass is 15.2. The summed E-state index contributed by atoms with van der Waals surface area (Å²) >= 11 is 0. The van der Waals surface area contributed by atoms with Crippen LogP contribution in [0.5, 0.6) is 0 Å². The Balaban J connectivity index is 1.77. The summed E-state index contributed by atoms with van der Waals surface area (Å²) in [6.07, 6.45) is 3.59. The van der Waals surface area contributed by atoms with E-state index in [0.717, 1.165) is 13.0 Å². The van der Waals surface area contributed by atoms with Gasteiger partial charge in [0.25, 0.3) is 0 Å². The Kier molecular flexibility index (Phi) is 2.69. The lowest BCUT2D eigenvalue weighted by atomic mass is 10.0. The van der Waals surface area contributed by atoms with Crippen molar-refractivity contribution in [2.75, 3.05) is 16.8 Å². The molecular weight excluding hydrogens is 244 g/mol. The van der Waals surface area contributed by atoms with E-state index in [0.29, 0.717) is 6.04 Å². The van der Waals surface area contributed by atoms with Crippen LogP contribution in [0.15, 0.2) is 42.5 Å². The Morgan fingerprint density at radius 3 is 2.95 bits per heavy atom. The van der Waals surface area contributed by atoms with E-state index in [-0.39, 0.29) is 0 Å². The molecule has 0 bridgehead atoms. The van der Waals surface area contributed by atoms with Crippen LogP contribution in [0.2, 0.25) is 0 Å². The molecule has 0 saturated carbocycles. The van der Waals surface area contributed by atoms with Gasteiger partial charge in [-0.15, -0.1) is 0 Å². The van der Waals surface area contributed by atoms with Crippen LogP contribution in [0.4, 0.5) is 17.1 Å². The molecule has 0 radical (unpaired) electrons. The number of benzene rings is 2. The minimum Gasteiger partial charge on any atom is -0.385 e. The van der Waals surface area contributed by atoms with E-state index in [1.54, 1.807) is 0 Å². The summed E-state index contributed by atoms with van der Waals surface area (Å²) in [6.45, 7) is 3.41. The number of rotatable bonds is 1. The molecule has 1 atom stereocenters. The van der Waals surface area contributed by atoms with E-state index in [1.165, 1.54) is 41.0 Å². The van der Waals surface area contributed by atoms with Gasteiger partial charge in [0.15, 0.2) is 0 Å². The maximum Gasteiger partial charge on any atom is 0.0446 e. The normalized spacial score (nSPS) is 20.2. The minimum absolute atomic E-state index is 0.536. The highest BCUT2D eigenvalue weighted by Crippen LogP contribution is 2.39. The van der Waals surface area contributed by atoms with Crippen molar-refractivity contribution in [2.24, 2.45) is 0 Å². The van der Waals surface area contributed by atoms with Crippen LogP contribution in [0.25, 0.3) is 0 Å². The maximum atomic E-state index is 3.54. The molecule has 1 N–H and O–H groups in total. The van der Waals surface area contributed by atoms with Gasteiger partial charge in [0.05, 0.1) is 0 Å². The largest absolute Gasteiger partial charge is 0.385 e. The second-order valence-corrected chi connectivity index (χ2v) is 5.92. The van der Waals surface area contributed by atoms with Gasteiger partial charge in [-0.3, -0.25) is 0 Å². The third-order valence-corrected chi connectivity index (χ3v) is 4.52. The van der Waals surface area contributed by atoms with Crippen LogP contribution >= 0.6 is 0 Å². The van der Waals surface area contributed by atoms with Gasteiger partial charge >= 0.3 is 0 Å². The molecule has 2 aromatic carbocycles. The molecule has 0 saturated heterocycles. The molecule has 2 heteroatoms. The van der Waals surface area contributed by atoms with Gasteiger partial charge in [-0.25, -0.2) is 0 Å². The predicted octanol–water partition coefficient (Wildman–Crippen LogP) is 4.13. The number of hydrogen-bond acceptors (Lipinski definition) is 2. The lowest BCUT2D eigenvalue weighted by Crippen LogP contribution is -2.24. The standard InChI is InChI=1S/C18H20N2/c1-13-11-15-5-2-3-7-18(15)20(13)16-9-8-14-6-4-10-19-17(14)12-16/h2-3,5,7-9,12-13,19H,4,6,10-11H2,1H3. The summed E-state index contributed by atoms with van der Waals surface area (Å²) in [5.41, 5.74) is 6.93. The van der Waals surface area contributed by atoms with Gasteiger partial charge in [-0.1, -0.05) is 24.3 Å². The molecule has 0 aliphatic carbocycles. The Morgan fingerprint density at radius 2 is 2.00 bits per heavy atom. The Bertz CT molecular complexity index is 648. The first kappa shape index (κ1) is 11.8. The van der Waals surface area contributed by atoms with E-state index in [4.69, 9.17) is 0 Å². The lowest BCUT2D eigenvalue weighted by Gasteiger charge is -2.27. The fourth-order valence-corrected chi connectivity index (χ4v) is 3.56. The Hall–Kier alpha value is -1.96. The minimum atomic E-state index is 0.536. The Labute approximate surface area is 120 Å². The van der Waals surface area contributed by atoms with E-state index >= 15 is 0 Å². The van der Waals surface area contributed by atoms with E-state index in [2.05, 4.69) is 59.6 Å². The summed E-state index contributed by atoms with van der Waals surface area (Å²) in [6, 6.07) is 16.2. The van der Waals surface area contributed by atoms with Crippen LogP contribution < -0.4 is 10.2 Å². The van der Waals surface area contributed by atoms with Gasteiger partial charge in [0.1, 0.15) is 0 Å². The molecule has 2 heterocycles. The predicted molar refractivity (Wildman–Crippen MR) is 85.0 cm³/mol. The van der Waals surface area contributed by atoms with Crippen LogP contribution in [-0.2, 0) is 12.8 Å². The third kappa shape index (κ3) is 1.79. The third-order valence-electron chi connectivity index (χ3n) is 4.52. The average Bonchev–Trinajstić information content (AvgIpc) is 2.82. The molecule has 2 aromatic rings. The summed E-state index contributed by atoms with van der Waals surface area (Å²) in [5, 5.41) is 3.54. The smallest absolute Gasteiger partial charge is 0.0446 e. The van der Waals surface area contributed by atoms with Gasteiger partial charge < -0.3 is 10.2 Å². The second kappa shape index (κ2) is 4.55. The van der Waals surface area contributed by atoms with Gasteiger partial charge in [0.2, 0.25) is 0 Å². The van der Waals surface area contributed by atoms with Gasteiger partial charge in [0, 0.05) is 29.6 Å². The highest BCUT2D eigenvalue weighted by molar-refractivity contribution is 5.74. The summed E-state index contributed by atoms with van der Waals surface area (Å²) in [4.78, 5) is 2.48. The maximum absolute atomic E-state index is 3.54. The fourth-order valence-electron chi connectivity index (χ4n) is 3.56. The van der Waals surface area contributed by atoms with Crippen molar-refractivity contribution in [2.45, 2.75) is 32.2 Å². The SMILES string of the molecule is CC1Cc2ccccc2N1c1ccc2c(c1)NCCC2. The number of para-hydroxylation sites is 1. The van der Waals surface area contributed by atoms with Crippen molar-refractivity contribution in [3.8, 4) is 0 Å². The molecule has 1 unspecified atom stereocenters. The quantitative estimate of drug-likeness (QED) is 0.833. The molecule has 2 aliphatic rings. The second-order valence-electron chi connectivity index (χ2n) is 5.92. The number of nitrogens with one attached hydrogen (secondary N) is 1. The number of aryl methyl sites for hydroxylation is 1. The summed E-state index contributed by atoms with van der Waals surface area (Å²) < 4.78 is 0. The van der Waals surface area contributed by atoms with Crippen molar-refractivity contribution < 1.29 is 0 Å². The lowest BCUT2D eigenvalue weighted by molar-refractivity contribution is 0.758. The van der Waals surface area contributed by atoms with Gasteiger partial charge in [-0.2, -0.15) is 0 Å². The van der Waals surface area contributed by atoms with Crippen LogP contribution in [0, 0.1) is 0 Å². The van der Waals surface area contributed by atoms with Crippen LogP contribution in [0.1, 0.15) is 24.5 Å². The highest BCUT2D eigenvalue weighted by Gasteiger charge is 2.27. The zero-order valence-electron chi connectivity index (χ0n) is 11.9. The zero-order chi connectivity index (χ0) is 13.5. The van der Waals surface area contributed by atoms with Crippen molar-refractivity contribution in [3.05, 3.63) is 53.6 Å². The van der Waals surface area contributed by atoms with Crippen LogP contribution in [-0.4, -0.2) is 12.6 Å². The first-order valence-corrected chi connectivity index (χ1v) is 7.57. The molecule has 0 spiro atoms. The number of fused-ring (bicyclic) bond motifs is 2. The number of nitrogens with zero attached hydrogens (tertiary/aromatic N) is 1. The number of anilines is 3. The molecule has 0 amide bonds. The van der Waals surface area contributed by atoms with E-state index in [1.807, 2.05) is 0 Å². The number of hydrogen-bond donors (Lipinski definition) is 1. The Morgan fingerprint density at radius 1 is 1.10 bits per heavy atom. The van der Waals surface area contributed by atoms with Gasteiger partial charge in [-0.05, 0) is 55.5 Å². The fraction of sp³-hybridized carbons (Fsp3) is 0.333. The first-order valence-electron chi connectivity index (χ1n) is 7.57. The average molecular weight is 264 g/mol. The molecule has 4 rings (SSSR count). The molecule has 2 nitrogen and oxygen atoms in total. The molecule has 0 fully saturated rings. The van der Waals surface area contributed by atoms with E-state index in [9.17, 15) is 0 Å². The first-order chi connectivity index (χ1) is 9.83. The summed E-state index contributed by atoms with van der Waals surface area (Å²) in [7, 11) is 0. The summed E-state index contributed by atoms with van der Waals surface area (Å²) in [5.74, 6) is 0. The topological polar surface area (TPSA) is 15.3 Å². The molecule has 20 heavy (non-hydrogen) atoms. The van der Waals surface area contributed by atoms with E-state index < -0.39 is 0 Å². The monoisotopic (exact) mass is 264 g/mol. The molecule has 2 aliphatic heterocycles. The zero-order valence-corrected chi connectivity index (χ0v) is 11.9. The van der Waals surface area contributed by atoms with Crippen molar-refractivity contribution in [1.82, 2.24) is 0 Å². The van der Waals surface area contributed by atoms with Crippen molar-refractivity contribution >= 4 is 17.1 Å². The molecular formula is C18H20N2. The molecule has 0 aromatic heterocycles. The van der Waals surface area contributed by atoms with Crippen molar-refractivity contribution in [3.63, 3.8) is 0 Å².